The van der Waals surface area contributed by atoms with Crippen LogP contribution in [-0.2, 0) is 14.4 Å². The smallest absolute Gasteiger partial charge is 0.341 e. The Morgan fingerprint density at radius 1 is 1.13 bits per heavy atom. The maximum absolute atomic E-state index is 13.0. The Morgan fingerprint density at radius 2 is 1.80 bits per heavy atom. The van der Waals surface area contributed by atoms with E-state index in [1.54, 1.807) is 19.1 Å². The molecule has 1 aliphatic heterocycles. The van der Waals surface area contributed by atoms with Crippen LogP contribution in [-0.4, -0.2) is 35.5 Å². The molecule has 154 valence electrons. The van der Waals surface area contributed by atoms with Crippen molar-refractivity contribution >= 4 is 58.8 Å². The van der Waals surface area contributed by atoms with Crippen molar-refractivity contribution in [3.05, 3.63) is 63.1 Å². The maximum atomic E-state index is 13.0. The first kappa shape index (κ1) is 21.4. The van der Waals surface area contributed by atoms with E-state index in [9.17, 15) is 19.2 Å². The van der Waals surface area contributed by atoms with E-state index in [0.29, 0.717) is 10.6 Å². The summed E-state index contributed by atoms with van der Waals surface area (Å²) in [5.74, 6) is -2.90. The second-order valence-corrected chi connectivity index (χ2v) is 7.13. The van der Waals surface area contributed by atoms with Crippen LogP contribution in [0.1, 0.15) is 11.1 Å². The summed E-state index contributed by atoms with van der Waals surface area (Å²) >= 11 is 12.0. The first-order valence-corrected chi connectivity index (χ1v) is 9.24. The normalized spacial score (nSPS) is 15.4. The van der Waals surface area contributed by atoms with Gasteiger partial charge < -0.3 is 9.84 Å². The van der Waals surface area contributed by atoms with Crippen molar-refractivity contribution in [3.8, 4) is 5.75 Å². The summed E-state index contributed by atoms with van der Waals surface area (Å²) in [5.41, 5.74) is 0.637. The second kappa shape index (κ2) is 8.56. The highest BCUT2D eigenvalue weighted by molar-refractivity contribution is 6.40. The third-order valence-electron chi connectivity index (χ3n) is 4.14. The molecule has 0 unspecified atom stereocenters. The number of carboxylic acid groups (broad SMARTS) is 1. The van der Waals surface area contributed by atoms with Gasteiger partial charge in [-0.2, -0.15) is 0 Å². The van der Waals surface area contributed by atoms with E-state index in [-0.39, 0.29) is 27.6 Å². The monoisotopic (exact) mass is 448 g/mol. The van der Waals surface area contributed by atoms with Gasteiger partial charge in [0.1, 0.15) is 11.3 Å². The quantitative estimate of drug-likeness (QED) is 0.534. The van der Waals surface area contributed by atoms with Crippen LogP contribution >= 0.6 is 23.2 Å². The molecule has 1 aliphatic rings. The summed E-state index contributed by atoms with van der Waals surface area (Å²) in [5, 5.41) is 11.5. The molecule has 0 saturated carbocycles. The molecule has 2 aromatic carbocycles. The molecule has 0 aliphatic carbocycles. The third-order valence-corrected chi connectivity index (χ3v) is 4.61. The molecule has 0 bridgehead atoms. The molecule has 10 heteroatoms. The minimum atomic E-state index is -1.21. The predicted octanol–water partition coefficient (Wildman–Crippen LogP) is 3.43. The molecular formula is C20H14Cl2N2O6. The Morgan fingerprint density at radius 3 is 2.50 bits per heavy atom. The number of hydrogen-bond acceptors (Lipinski definition) is 5. The topological polar surface area (TPSA) is 113 Å². The number of carboxylic acids is 1. The van der Waals surface area contributed by atoms with Crippen LogP contribution in [0.15, 0.2) is 42.0 Å². The van der Waals surface area contributed by atoms with Gasteiger partial charge in [0.15, 0.2) is 6.61 Å². The molecule has 2 aromatic rings. The van der Waals surface area contributed by atoms with Gasteiger partial charge in [-0.15, -0.1) is 0 Å². The van der Waals surface area contributed by atoms with E-state index in [4.69, 9.17) is 33.0 Å². The van der Waals surface area contributed by atoms with E-state index >= 15 is 0 Å². The number of amides is 4. The molecule has 0 aromatic heterocycles. The minimum Gasteiger partial charge on any atom is -0.481 e. The second-order valence-electron chi connectivity index (χ2n) is 6.25. The minimum absolute atomic E-state index is 0.0947. The zero-order valence-corrected chi connectivity index (χ0v) is 17.0. The lowest BCUT2D eigenvalue weighted by Gasteiger charge is -2.27. The van der Waals surface area contributed by atoms with Crippen molar-refractivity contribution in [3.63, 3.8) is 0 Å². The SMILES string of the molecule is Cc1ccc(Cl)cc1N1C(=O)NC(=O)C(=Cc2cc(Cl)ccc2OCC(=O)O)C1=O. The Hall–Kier alpha value is -3.36. The number of benzene rings is 2. The standard InChI is InChI=1S/C20H14Cl2N2O6/c1-10-2-3-13(22)8-15(10)24-19(28)14(18(27)23-20(24)29)7-11-6-12(21)4-5-16(11)30-9-17(25)26/h2-8H,9H2,1H3,(H,25,26)(H,23,27,29). The molecule has 4 amide bonds. The van der Waals surface area contributed by atoms with E-state index < -0.39 is 30.4 Å². The zero-order chi connectivity index (χ0) is 22.0. The highest BCUT2D eigenvalue weighted by Gasteiger charge is 2.37. The lowest BCUT2D eigenvalue weighted by atomic mass is 10.0. The van der Waals surface area contributed by atoms with Crippen molar-refractivity contribution in [2.24, 2.45) is 0 Å². The van der Waals surface area contributed by atoms with Crippen molar-refractivity contribution in [2.75, 3.05) is 11.5 Å². The molecular weight excluding hydrogens is 435 g/mol. The highest BCUT2D eigenvalue weighted by Crippen LogP contribution is 2.30. The maximum Gasteiger partial charge on any atom is 0.341 e. The molecule has 1 saturated heterocycles. The van der Waals surface area contributed by atoms with Crippen LogP contribution in [0, 0.1) is 6.92 Å². The van der Waals surface area contributed by atoms with Crippen LogP contribution in [0.5, 0.6) is 5.75 Å². The van der Waals surface area contributed by atoms with Crippen molar-refractivity contribution in [1.82, 2.24) is 5.32 Å². The van der Waals surface area contributed by atoms with Gasteiger partial charge in [0.25, 0.3) is 11.8 Å². The predicted molar refractivity (Wildman–Crippen MR) is 110 cm³/mol. The fraction of sp³-hybridized carbons (Fsp3) is 0.100. The summed E-state index contributed by atoms with van der Waals surface area (Å²) in [6, 6.07) is 8.03. The van der Waals surface area contributed by atoms with Gasteiger partial charge in [-0.3, -0.25) is 14.9 Å². The van der Waals surface area contributed by atoms with Gasteiger partial charge in [-0.1, -0.05) is 29.3 Å². The van der Waals surface area contributed by atoms with E-state index in [0.717, 1.165) is 4.90 Å². The van der Waals surface area contributed by atoms with Crippen LogP contribution in [0.3, 0.4) is 0 Å². The number of urea groups is 1. The number of imide groups is 2. The Kier molecular flexibility index (Phi) is 6.09. The zero-order valence-electron chi connectivity index (χ0n) is 15.4. The number of carbonyl (C=O) groups is 4. The molecule has 8 nitrogen and oxygen atoms in total. The Bertz CT molecular complexity index is 1110. The van der Waals surface area contributed by atoms with Gasteiger partial charge in [-0.05, 0) is 48.9 Å². The Balaban J connectivity index is 2.06. The number of barbiturate groups is 1. The third kappa shape index (κ3) is 4.45. The number of nitrogens with zero attached hydrogens (tertiary/aromatic N) is 1. The van der Waals surface area contributed by atoms with Crippen LogP contribution < -0.4 is 15.0 Å². The van der Waals surface area contributed by atoms with Crippen molar-refractivity contribution in [1.29, 1.82) is 0 Å². The van der Waals surface area contributed by atoms with Gasteiger partial charge >= 0.3 is 12.0 Å². The fourth-order valence-corrected chi connectivity index (χ4v) is 3.11. The summed E-state index contributed by atoms with van der Waals surface area (Å²) in [7, 11) is 0. The summed E-state index contributed by atoms with van der Waals surface area (Å²) in [6.45, 7) is 1.05. The molecule has 0 radical (unpaired) electrons. The lowest BCUT2D eigenvalue weighted by Crippen LogP contribution is -2.54. The number of nitrogens with one attached hydrogen (secondary N) is 1. The molecule has 1 fully saturated rings. The summed E-state index contributed by atoms with van der Waals surface area (Å²) in [6.07, 6.45) is 1.18. The number of aliphatic carboxylic acids is 1. The molecule has 0 atom stereocenters. The molecule has 1 heterocycles. The average Bonchev–Trinajstić information content (AvgIpc) is 2.67. The number of ether oxygens (including phenoxy) is 1. The number of rotatable bonds is 5. The van der Waals surface area contributed by atoms with Gasteiger partial charge in [-0.25, -0.2) is 14.5 Å². The van der Waals surface area contributed by atoms with E-state index in [2.05, 4.69) is 5.32 Å². The van der Waals surface area contributed by atoms with Gasteiger partial charge in [0.2, 0.25) is 0 Å². The molecule has 30 heavy (non-hydrogen) atoms. The molecule has 3 rings (SSSR count). The largest absolute Gasteiger partial charge is 0.481 e. The summed E-state index contributed by atoms with van der Waals surface area (Å²) in [4.78, 5) is 49.4. The number of carbonyl (C=O) groups excluding carboxylic acids is 3. The highest BCUT2D eigenvalue weighted by atomic mass is 35.5. The number of anilines is 1. The number of halogens is 2. The molecule has 2 N–H and O–H groups in total. The number of aryl methyl sites for hydroxylation is 1. The fourth-order valence-electron chi connectivity index (χ4n) is 2.76. The van der Waals surface area contributed by atoms with E-state index in [1.807, 2.05) is 0 Å². The van der Waals surface area contributed by atoms with Crippen molar-refractivity contribution in [2.45, 2.75) is 6.92 Å². The van der Waals surface area contributed by atoms with Gasteiger partial charge in [0, 0.05) is 15.6 Å². The van der Waals surface area contributed by atoms with Gasteiger partial charge in [0.05, 0.1) is 5.69 Å². The van der Waals surface area contributed by atoms with Crippen LogP contribution in [0.4, 0.5) is 10.5 Å². The lowest BCUT2D eigenvalue weighted by molar-refractivity contribution is -0.139. The molecule has 0 spiro atoms. The average molecular weight is 449 g/mol. The summed E-state index contributed by atoms with van der Waals surface area (Å²) < 4.78 is 5.19. The van der Waals surface area contributed by atoms with Crippen LogP contribution in [0.2, 0.25) is 10.0 Å². The first-order chi connectivity index (χ1) is 14.2. The van der Waals surface area contributed by atoms with Crippen LogP contribution in [0.25, 0.3) is 6.08 Å². The first-order valence-electron chi connectivity index (χ1n) is 8.49. The Labute approximate surface area is 180 Å². The van der Waals surface area contributed by atoms with Crippen molar-refractivity contribution < 1.29 is 29.0 Å². The van der Waals surface area contributed by atoms with E-state index in [1.165, 1.54) is 30.3 Å². The number of hydrogen-bond donors (Lipinski definition) is 2.